The highest BCUT2D eigenvalue weighted by molar-refractivity contribution is 7.90. The maximum Gasteiger partial charge on any atom is 0.165 e. The minimum absolute atomic E-state index is 0.0316. The van der Waals surface area contributed by atoms with E-state index in [0.29, 0.717) is 0 Å². The third kappa shape index (κ3) is 2.90. The normalized spacial score (nSPS) is 10.9. The van der Waals surface area contributed by atoms with Gasteiger partial charge in [0.2, 0.25) is 0 Å². The predicted octanol–water partition coefficient (Wildman–Crippen LogP) is 1.54. The molecule has 1 aromatic carbocycles. The number of sulfone groups is 1. The Bertz CT molecular complexity index is 452. The quantitative estimate of drug-likeness (QED) is 0.706. The van der Waals surface area contributed by atoms with Crippen LogP contribution in [0.4, 0.5) is 0 Å². The Labute approximate surface area is 84.9 Å². The lowest BCUT2D eigenvalue weighted by Crippen LogP contribution is -2.08. The summed E-state index contributed by atoms with van der Waals surface area (Å²) in [6, 6.07) is 7.41. The number of rotatable bonds is 3. The van der Waals surface area contributed by atoms with Gasteiger partial charge in [-0.05, 0) is 18.1 Å². The molecule has 0 heterocycles. The summed E-state index contributed by atoms with van der Waals surface area (Å²) in [6.07, 6.45) is 4.98. The van der Waals surface area contributed by atoms with Crippen LogP contribution in [0, 0.1) is 19.3 Å². The molecular formula is C11H12O2S. The monoisotopic (exact) mass is 208 g/mol. The molecule has 0 aliphatic carbocycles. The highest BCUT2D eigenvalue weighted by Gasteiger charge is 2.11. The molecule has 14 heavy (non-hydrogen) atoms. The Morgan fingerprint density at radius 3 is 2.57 bits per heavy atom. The van der Waals surface area contributed by atoms with Gasteiger partial charge in [-0.3, -0.25) is 0 Å². The Kier molecular flexibility index (Phi) is 3.32. The molecule has 0 saturated heterocycles. The maximum atomic E-state index is 11.4. The number of hydrogen-bond donors (Lipinski definition) is 0. The van der Waals surface area contributed by atoms with Crippen LogP contribution in [-0.4, -0.2) is 14.2 Å². The van der Waals surface area contributed by atoms with Crippen LogP contribution in [0.3, 0.4) is 0 Å². The standard InChI is InChI=1S/C11H12O2S/c1-3-8-14(12,13)9-11-7-5-4-6-10(11)2/h1,4-7H,8-9H2,2H3. The number of terminal acetylenes is 1. The van der Waals surface area contributed by atoms with Gasteiger partial charge in [-0.25, -0.2) is 8.42 Å². The topological polar surface area (TPSA) is 34.1 Å². The summed E-state index contributed by atoms with van der Waals surface area (Å²) in [4.78, 5) is 0. The summed E-state index contributed by atoms with van der Waals surface area (Å²) in [7, 11) is -3.14. The second-order valence-electron chi connectivity index (χ2n) is 3.16. The SMILES string of the molecule is C#CCS(=O)(=O)Cc1ccccc1C. The number of aryl methyl sites for hydroxylation is 1. The van der Waals surface area contributed by atoms with Crippen LogP contribution in [0.25, 0.3) is 0 Å². The molecule has 0 saturated carbocycles. The molecule has 0 atom stereocenters. The van der Waals surface area contributed by atoms with Gasteiger partial charge >= 0.3 is 0 Å². The summed E-state index contributed by atoms with van der Waals surface area (Å²) in [5.74, 6) is 2.00. The summed E-state index contributed by atoms with van der Waals surface area (Å²) in [5.41, 5.74) is 1.80. The molecule has 1 rings (SSSR count). The molecule has 0 unspecified atom stereocenters. The van der Waals surface area contributed by atoms with Crippen molar-refractivity contribution in [2.75, 3.05) is 5.75 Å². The third-order valence-corrected chi connectivity index (χ3v) is 3.30. The van der Waals surface area contributed by atoms with Crippen molar-refractivity contribution in [3.63, 3.8) is 0 Å². The van der Waals surface area contributed by atoms with E-state index in [0.717, 1.165) is 11.1 Å². The molecule has 0 aromatic heterocycles. The van der Waals surface area contributed by atoms with Crippen molar-refractivity contribution in [3.8, 4) is 12.3 Å². The maximum absolute atomic E-state index is 11.4. The van der Waals surface area contributed by atoms with Gasteiger partial charge in [0.25, 0.3) is 0 Å². The molecule has 0 radical (unpaired) electrons. The first-order valence-electron chi connectivity index (χ1n) is 4.23. The minimum atomic E-state index is -3.14. The second kappa shape index (κ2) is 4.30. The number of benzene rings is 1. The zero-order chi connectivity index (χ0) is 10.6. The van der Waals surface area contributed by atoms with Crippen molar-refractivity contribution in [2.45, 2.75) is 12.7 Å². The molecule has 74 valence electrons. The van der Waals surface area contributed by atoms with Gasteiger partial charge in [-0.1, -0.05) is 30.2 Å². The fourth-order valence-electron chi connectivity index (χ4n) is 1.19. The van der Waals surface area contributed by atoms with Crippen LogP contribution in [0.15, 0.2) is 24.3 Å². The van der Waals surface area contributed by atoms with Crippen molar-refractivity contribution >= 4 is 9.84 Å². The predicted molar refractivity (Wildman–Crippen MR) is 57.5 cm³/mol. The second-order valence-corrected chi connectivity index (χ2v) is 5.23. The van der Waals surface area contributed by atoms with Gasteiger partial charge in [0, 0.05) is 0 Å². The van der Waals surface area contributed by atoms with Gasteiger partial charge in [-0.15, -0.1) is 6.42 Å². The van der Waals surface area contributed by atoms with Crippen LogP contribution in [0.2, 0.25) is 0 Å². The van der Waals surface area contributed by atoms with Crippen LogP contribution in [-0.2, 0) is 15.6 Å². The van der Waals surface area contributed by atoms with Crippen LogP contribution < -0.4 is 0 Å². The highest BCUT2D eigenvalue weighted by atomic mass is 32.2. The lowest BCUT2D eigenvalue weighted by atomic mass is 10.1. The van der Waals surface area contributed by atoms with Gasteiger partial charge in [0.1, 0.15) is 5.75 Å². The van der Waals surface area contributed by atoms with Crippen LogP contribution in [0.5, 0.6) is 0 Å². The minimum Gasteiger partial charge on any atom is -0.228 e. The van der Waals surface area contributed by atoms with Crippen LogP contribution in [0.1, 0.15) is 11.1 Å². The summed E-state index contributed by atoms with van der Waals surface area (Å²) >= 11 is 0. The van der Waals surface area contributed by atoms with E-state index < -0.39 is 9.84 Å². The smallest absolute Gasteiger partial charge is 0.165 e. The zero-order valence-electron chi connectivity index (χ0n) is 8.03. The average molecular weight is 208 g/mol. The third-order valence-electron chi connectivity index (χ3n) is 1.94. The fourth-order valence-corrected chi connectivity index (χ4v) is 2.34. The molecule has 1 aromatic rings. The van der Waals surface area contributed by atoms with Crippen molar-refractivity contribution in [3.05, 3.63) is 35.4 Å². The van der Waals surface area contributed by atoms with E-state index in [1.807, 2.05) is 31.2 Å². The van der Waals surface area contributed by atoms with Crippen LogP contribution >= 0.6 is 0 Å². The molecule has 0 fully saturated rings. The zero-order valence-corrected chi connectivity index (χ0v) is 8.84. The highest BCUT2D eigenvalue weighted by Crippen LogP contribution is 2.11. The Morgan fingerprint density at radius 2 is 2.00 bits per heavy atom. The molecule has 0 amide bonds. The lowest BCUT2D eigenvalue weighted by molar-refractivity contribution is 0.598. The van der Waals surface area contributed by atoms with E-state index in [2.05, 4.69) is 5.92 Å². The van der Waals surface area contributed by atoms with Gasteiger partial charge in [0.05, 0.1) is 5.75 Å². The van der Waals surface area contributed by atoms with Crippen molar-refractivity contribution in [1.29, 1.82) is 0 Å². The van der Waals surface area contributed by atoms with E-state index in [1.54, 1.807) is 0 Å². The first-order valence-corrected chi connectivity index (χ1v) is 6.06. The molecule has 0 spiro atoms. The largest absolute Gasteiger partial charge is 0.228 e. The Balaban J connectivity index is 2.91. The molecule has 3 heteroatoms. The molecule has 0 N–H and O–H groups in total. The lowest BCUT2D eigenvalue weighted by Gasteiger charge is -2.04. The van der Waals surface area contributed by atoms with E-state index in [4.69, 9.17) is 6.42 Å². The number of hydrogen-bond acceptors (Lipinski definition) is 2. The fraction of sp³-hybridized carbons (Fsp3) is 0.273. The van der Waals surface area contributed by atoms with Gasteiger partial charge < -0.3 is 0 Å². The van der Waals surface area contributed by atoms with E-state index in [-0.39, 0.29) is 11.5 Å². The molecule has 0 aliphatic heterocycles. The van der Waals surface area contributed by atoms with E-state index >= 15 is 0 Å². The average Bonchev–Trinajstić information content (AvgIpc) is 2.08. The van der Waals surface area contributed by atoms with E-state index in [9.17, 15) is 8.42 Å². The van der Waals surface area contributed by atoms with Crippen molar-refractivity contribution < 1.29 is 8.42 Å². The first-order chi connectivity index (χ1) is 6.55. The van der Waals surface area contributed by atoms with Gasteiger partial charge in [-0.2, -0.15) is 0 Å². The first kappa shape index (κ1) is 10.8. The van der Waals surface area contributed by atoms with E-state index in [1.165, 1.54) is 0 Å². The van der Waals surface area contributed by atoms with Gasteiger partial charge in [0.15, 0.2) is 9.84 Å². The molecule has 0 bridgehead atoms. The Hall–Kier alpha value is -1.27. The molecule has 0 aliphatic rings. The van der Waals surface area contributed by atoms with Crippen molar-refractivity contribution in [1.82, 2.24) is 0 Å². The summed E-state index contributed by atoms with van der Waals surface area (Å²) < 4.78 is 22.8. The summed E-state index contributed by atoms with van der Waals surface area (Å²) in [6.45, 7) is 1.89. The molecule has 2 nitrogen and oxygen atoms in total. The summed E-state index contributed by atoms with van der Waals surface area (Å²) in [5, 5.41) is 0. The Morgan fingerprint density at radius 1 is 1.36 bits per heavy atom. The van der Waals surface area contributed by atoms with Crippen molar-refractivity contribution in [2.24, 2.45) is 0 Å². The molecular weight excluding hydrogens is 196 g/mol.